The lowest BCUT2D eigenvalue weighted by atomic mass is 10.3. The van der Waals surface area contributed by atoms with Crippen molar-refractivity contribution in [1.29, 1.82) is 0 Å². The smallest absolute Gasteiger partial charge is 0.188 e. The van der Waals surface area contributed by atoms with Gasteiger partial charge in [0.15, 0.2) is 5.84 Å². The minimum Gasteiger partial charge on any atom is -0.409 e. The van der Waals surface area contributed by atoms with Gasteiger partial charge < -0.3 is 10.9 Å². The Kier molecular flexibility index (Phi) is 2.50. The molecule has 1 heterocycles. The van der Waals surface area contributed by atoms with E-state index in [0.29, 0.717) is 16.4 Å². The number of oxime groups is 1. The molecular weight excluding hydrogens is 178 g/mol. The van der Waals surface area contributed by atoms with Crippen molar-refractivity contribution in [2.24, 2.45) is 10.9 Å². The summed E-state index contributed by atoms with van der Waals surface area (Å²) in [6, 6.07) is 3.24. The van der Waals surface area contributed by atoms with Crippen LogP contribution >= 0.6 is 11.6 Å². The van der Waals surface area contributed by atoms with Crippen LogP contribution in [0.15, 0.2) is 17.3 Å². The maximum Gasteiger partial charge on any atom is 0.188 e. The fourth-order valence-corrected chi connectivity index (χ4v) is 0.843. The maximum absolute atomic E-state index is 8.34. The topological polar surface area (TPSA) is 71.5 Å². The van der Waals surface area contributed by atoms with Crippen LogP contribution in [0, 0.1) is 6.92 Å². The highest BCUT2D eigenvalue weighted by atomic mass is 35.5. The summed E-state index contributed by atoms with van der Waals surface area (Å²) < 4.78 is 0. The summed E-state index contributed by atoms with van der Waals surface area (Å²) in [5, 5.41) is 11.7. The van der Waals surface area contributed by atoms with Crippen LogP contribution < -0.4 is 5.73 Å². The van der Waals surface area contributed by atoms with Crippen molar-refractivity contribution < 1.29 is 5.21 Å². The largest absolute Gasteiger partial charge is 0.409 e. The van der Waals surface area contributed by atoms with E-state index >= 15 is 0 Å². The molecular formula is C7H8ClN3O. The number of pyridine rings is 1. The zero-order chi connectivity index (χ0) is 9.14. The van der Waals surface area contributed by atoms with Gasteiger partial charge in [-0.15, -0.1) is 0 Å². The minimum absolute atomic E-state index is 0.0187. The molecule has 0 aliphatic carbocycles. The zero-order valence-electron chi connectivity index (χ0n) is 6.45. The molecule has 4 nitrogen and oxygen atoms in total. The van der Waals surface area contributed by atoms with Crippen LogP contribution in [0.5, 0.6) is 0 Å². The van der Waals surface area contributed by atoms with E-state index in [9.17, 15) is 0 Å². The number of hydrogen-bond donors (Lipinski definition) is 2. The van der Waals surface area contributed by atoms with Crippen molar-refractivity contribution in [2.45, 2.75) is 6.92 Å². The first-order valence-electron chi connectivity index (χ1n) is 3.26. The quantitative estimate of drug-likeness (QED) is 0.298. The van der Waals surface area contributed by atoms with Gasteiger partial charge in [-0.05, 0) is 19.1 Å². The Morgan fingerprint density at radius 2 is 2.33 bits per heavy atom. The van der Waals surface area contributed by atoms with E-state index in [-0.39, 0.29) is 5.84 Å². The molecule has 0 saturated heterocycles. The van der Waals surface area contributed by atoms with Crippen molar-refractivity contribution >= 4 is 17.4 Å². The lowest BCUT2D eigenvalue weighted by molar-refractivity contribution is 0.318. The molecule has 0 aliphatic rings. The molecule has 0 fully saturated rings. The predicted molar refractivity (Wildman–Crippen MR) is 46.5 cm³/mol. The van der Waals surface area contributed by atoms with E-state index in [0.717, 1.165) is 0 Å². The fraction of sp³-hybridized carbons (Fsp3) is 0.143. The van der Waals surface area contributed by atoms with Crippen LogP contribution in [-0.4, -0.2) is 16.0 Å². The summed E-state index contributed by atoms with van der Waals surface area (Å²) in [6.45, 7) is 1.75. The summed E-state index contributed by atoms with van der Waals surface area (Å²) in [5.41, 5.74) is 6.38. The first-order valence-corrected chi connectivity index (χ1v) is 3.64. The molecule has 0 unspecified atom stereocenters. The molecule has 0 aliphatic heterocycles. The SMILES string of the molecule is Cc1nc(/C(N)=N\O)ccc1Cl. The molecule has 12 heavy (non-hydrogen) atoms. The third-order valence-electron chi connectivity index (χ3n) is 1.39. The summed E-state index contributed by atoms with van der Waals surface area (Å²) in [4.78, 5) is 4.00. The standard InChI is InChI=1S/C7H8ClN3O/c1-4-5(8)2-3-6(10-4)7(9)11-12/h2-3,12H,1H3,(H2,9,11). The third-order valence-corrected chi connectivity index (χ3v) is 1.79. The average Bonchev–Trinajstić information content (AvgIpc) is 2.08. The van der Waals surface area contributed by atoms with Crippen LogP contribution in [0.3, 0.4) is 0 Å². The molecule has 64 valence electrons. The van der Waals surface area contributed by atoms with Gasteiger partial charge in [-0.25, -0.2) is 4.98 Å². The van der Waals surface area contributed by atoms with Gasteiger partial charge in [0.25, 0.3) is 0 Å². The van der Waals surface area contributed by atoms with E-state index < -0.39 is 0 Å². The first-order chi connectivity index (χ1) is 5.65. The lowest BCUT2D eigenvalue weighted by Crippen LogP contribution is -2.15. The molecule has 5 heteroatoms. The van der Waals surface area contributed by atoms with Crippen LogP contribution in [-0.2, 0) is 0 Å². The van der Waals surface area contributed by atoms with Crippen molar-refractivity contribution in [3.05, 3.63) is 28.5 Å². The van der Waals surface area contributed by atoms with E-state index in [4.69, 9.17) is 22.5 Å². The van der Waals surface area contributed by atoms with Gasteiger partial charge >= 0.3 is 0 Å². The van der Waals surface area contributed by atoms with Crippen molar-refractivity contribution in [2.75, 3.05) is 0 Å². The second kappa shape index (κ2) is 3.40. The number of nitrogens with two attached hydrogens (primary N) is 1. The summed E-state index contributed by atoms with van der Waals surface area (Å²) in [6.07, 6.45) is 0. The molecule has 1 aromatic heterocycles. The van der Waals surface area contributed by atoms with Crippen molar-refractivity contribution in [1.82, 2.24) is 4.98 Å². The molecule has 0 bridgehead atoms. The minimum atomic E-state index is -0.0187. The second-order valence-corrected chi connectivity index (χ2v) is 2.66. The highest BCUT2D eigenvalue weighted by Gasteiger charge is 2.02. The average molecular weight is 186 g/mol. The molecule has 0 aromatic carbocycles. The summed E-state index contributed by atoms with van der Waals surface area (Å²) in [5.74, 6) is -0.0187. The Balaban J connectivity index is 3.13. The van der Waals surface area contributed by atoms with Crippen molar-refractivity contribution in [3.8, 4) is 0 Å². The van der Waals surface area contributed by atoms with Crippen LogP contribution in [0.1, 0.15) is 11.4 Å². The Morgan fingerprint density at radius 3 is 2.83 bits per heavy atom. The van der Waals surface area contributed by atoms with E-state index in [1.54, 1.807) is 19.1 Å². The van der Waals surface area contributed by atoms with Gasteiger partial charge in [-0.2, -0.15) is 0 Å². The number of rotatable bonds is 1. The molecule has 1 aromatic rings. The molecule has 1 rings (SSSR count). The van der Waals surface area contributed by atoms with Gasteiger partial charge in [0.1, 0.15) is 5.69 Å². The molecule has 0 radical (unpaired) electrons. The number of aryl methyl sites for hydroxylation is 1. The van der Waals surface area contributed by atoms with Gasteiger partial charge in [0, 0.05) is 0 Å². The molecule has 0 saturated carbocycles. The lowest BCUT2D eigenvalue weighted by Gasteiger charge is -2.00. The van der Waals surface area contributed by atoms with E-state index in [1.807, 2.05) is 0 Å². The number of hydrogen-bond acceptors (Lipinski definition) is 3. The van der Waals surface area contributed by atoms with Crippen LogP contribution in [0.4, 0.5) is 0 Å². The Bertz CT molecular complexity index is 324. The Labute approximate surface area is 74.7 Å². The predicted octanol–water partition coefficient (Wildman–Crippen LogP) is 1.14. The number of nitrogens with zero attached hydrogens (tertiary/aromatic N) is 2. The molecule has 3 N–H and O–H groups in total. The van der Waals surface area contributed by atoms with Gasteiger partial charge in [0.05, 0.1) is 10.7 Å². The summed E-state index contributed by atoms with van der Waals surface area (Å²) >= 11 is 5.72. The Hall–Kier alpha value is -1.29. The van der Waals surface area contributed by atoms with Crippen molar-refractivity contribution in [3.63, 3.8) is 0 Å². The fourth-order valence-electron chi connectivity index (χ4n) is 0.738. The highest BCUT2D eigenvalue weighted by Crippen LogP contribution is 2.12. The molecule has 0 atom stereocenters. The maximum atomic E-state index is 8.34. The normalized spacial score (nSPS) is 11.7. The molecule has 0 spiro atoms. The highest BCUT2D eigenvalue weighted by molar-refractivity contribution is 6.31. The Morgan fingerprint density at radius 1 is 1.67 bits per heavy atom. The second-order valence-electron chi connectivity index (χ2n) is 2.25. The van der Waals surface area contributed by atoms with Gasteiger partial charge in [-0.3, -0.25) is 0 Å². The van der Waals surface area contributed by atoms with Gasteiger partial charge in [0.2, 0.25) is 0 Å². The van der Waals surface area contributed by atoms with Crippen LogP contribution in [0.2, 0.25) is 5.02 Å². The monoisotopic (exact) mass is 185 g/mol. The third kappa shape index (κ3) is 1.65. The van der Waals surface area contributed by atoms with E-state index in [1.165, 1.54) is 0 Å². The first kappa shape index (κ1) is 8.80. The van der Waals surface area contributed by atoms with Crippen LogP contribution in [0.25, 0.3) is 0 Å². The zero-order valence-corrected chi connectivity index (χ0v) is 7.21. The molecule has 0 amide bonds. The van der Waals surface area contributed by atoms with Gasteiger partial charge in [-0.1, -0.05) is 16.8 Å². The summed E-state index contributed by atoms with van der Waals surface area (Å²) in [7, 11) is 0. The van der Waals surface area contributed by atoms with E-state index in [2.05, 4.69) is 10.1 Å². The number of halogens is 1. The number of aromatic nitrogens is 1. The number of amidine groups is 1.